The minimum absolute atomic E-state index is 0.0588. The maximum absolute atomic E-state index is 15.3. The van der Waals surface area contributed by atoms with Gasteiger partial charge in [0.25, 0.3) is 0 Å². The molecule has 2 aromatic heterocycles. The summed E-state index contributed by atoms with van der Waals surface area (Å²) in [6.45, 7) is 3.69. The summed E-state index contributed by atoms with van der Waals surface area (Å²) >= 11 is 7.85. The average molecular weight is 821 g/mol. The molecule has 3 fully saturated rings. The van der Waals surface area contributed by atoms with Crippen molar-refractivity contribution < 1.29 is 43.7 Å². The molecular formula is C43H37ClN4O9S. The normalized spacial score (nSPS) is 25.2. The molecule has 13 nitrogen and oxygen atoms in total. The zero-order valence-corrected chi connectivity index (χ0v) is 33.6. The van der Waals surface area contributed by atoms with E-state index in [1.165, 1.54) is 65.5 Å². The number of fused-ring (bicyclic) bond motifs is 5. The van der Waals surface area contributed by atoms with E-state index in [2.05, 4.69) is 0 Å². The molecular weight excluding hydrogens is 784 g/mol. The zero-order valence-electron chi connectivity index (χ0n) is 32.0. The van der Waals surface area contributed by atoms with Gasteiger partial charge in [-0.3, -0.25) is 28.8 Å². The van der Waals surface area contributed by atoms with Crippen molar-refractivity contribution in [3.63, 3.8) is 0 Å². The second-order valence-electron chi connectivity index (χ2n) is 15.5. The van der Waals surface area contributed by atoms with Gasteiger partial charge < -0.3 is 19.7 Å². The first-order valence-electron chi connectivity index (χ1n) is 18.7. The van der Waals surface area contributed by atoms with Crippen LogP contribution in [0.1, 0.15) is 47.2 Å². The number of aromatic carboxylic acids is 1. The van der Waals surface area contributed by atoms with Crippen LogP contribution in [0, 0.1) is 36.0 Å². The Balaban J connectivity index is 1.18. The Hall–Kier alpha value is -5.99. The first-order chi connectivity index (χ1) is 27.7. The SMILES string of the molecule is COc1cc(O)c(C2C3=CCC4C(=O)N(c5cccc(C(=O)O)c5)C(=O)C4C3CC3C(=O)N(c4cc(-c5sc6ccc(Cl)cc6c5C)nn4C)C(=O)C32C)c(OC)c1. The van der Waals surface area contributed by atoms with Crippen molar-refractivity contribution in [3.8, 4) is 27.8 Å². The first kappa shape index (κ1) is 37.6. The van der Waals surface area contributed by atoms with Crippen molar-refractivity contribution in [2.24, 2.45) is 36.1 Å². The number of thiophene rings is 1. The molecule has 4 amide bonds. The van der Waals surface area contributed by atoms with E-state index in [-0.39, 0.29) is 47.0 Å². The van der Waals surface area contributed by atoms with Gasteiger partial charge in [0.1, 0.15) is 28.8 Å². The molecule has 1 saturated carbocycles. The molecule has 0 radical (unpaired) electrons. The fourth-order valence-electron chi connectivity index (χ4n) is 9.95. The van der Waals surface area contributed by atoms with Crippen LogP contribution < -0.4 is 19.3 Å². The third kappa shape index (κ3) is 5.20. The Morgan fingerprint density at radius 3 is 2.47 bits per heavy atom. The number of anilines is 2. The van der Waals surface area contributed by atoms with E-state index in [1.807, 2.05) is 31.2 Å². The van der Waals surface area contributed by atoms with Crippen molar-refractivity contribution in [1.82, 2.24) is 9.78 Å². The van der Waals surface area contributed by atoms with Crippen molar-refractivity contribution >= 4 is 74.1 Å². The molecule has 2 saturated heterocycles. The summed E-state index contributed by atoms with van der Waals surface area (Å²) in [5.74, 6) is -7.07. The highest BCUT2D eigenvalue weighted by Gasteiger charge is 2.68. The van der Waals surface area contributed by atoms with E-state index in [9.17, 15) is 24.6 Å². The number of carbonyl (C=O) groups excluding carboxylic acids is 4. The molecule has 5 aromatic rings. The zero-order chi connectivity index (χ0) is 41.1. The van der Waals surface area contributed by atoms with Crippen molar-refractivity contribution in [2.45, 2.75) is 32.6 Å². The molecule has 6 unspecified atom stereocenters. The molecule has 0 bridgehead atoms. The number of rotatable bonds is 7. The molecule has 58 heavy (non-hydrogen) atoms. The number of carboxylic acid groups (broad SMARTS) is 1. The molecule has 2 aliphatic heterocycles. The van der Waals surface area contributed by atoms with Crippen molar-refractivity contribution in [1.29, 1.82) is 0 Å². The van der Waals surface area contributed by atoms with Crippen molar-refractivity contribution in [2.75, 3.05) is 24.0 Å². The van der Waals surface area contributed by atoms with Crippen LogP contribution in [0.3, 0.4) is 0 Å². The number of aryl methyl sites for hydroxylation is 2. The molecule has 3 aromatic carbocycles. The van der Waals surface area contributed by atoms with Crippen LogP contribution >= 0.6 is 22.9 Å². The number of ether oxygens (including phenoxy) is 2. The molecule has 4 heterocycles. The number of benzene rings is 3. The molecule has 4 aliphatic rings. The molecule has 15 heteroatoms. The summed E-state index contributed by atoms with van der Waals surface area (Å²) in [5, 5.41) is 27.8. The number of hydrogen-bond donors (Lipinski definition) is 2. The first-order valence-corrected chi connectivity index (χ1v) is 19.9. The Bertz CT molecular complexity index is 2700. The Morgan fingerprint density at radius 1 is 0.966 bits per heavy atom. The predicted molar refractivity (Wildman–Crippen MR) is 215 cm³/mol. The maximum atomic E-state index is 15.3. The average Bonchev–Trinajstić information content (AvgIpc) is 3.87. The van der Waals surface area contributed by atoms with Crippen LogP contribution in [-0.4, -0.2) is 63.8 Å². The Kier molecular flexibility index (Phi) is 8.60. The van der Waals surface area contributed by atoms with Crippen LogP contribution in [0.5, 0.6) is 17.2 Å². The standard InChI is InChI=1S/C43H37ClN4O9S/c1-19-26-14-21(44)9-12-32(26)58-37(19)29-18-33(46(3)45-29)48-39(51)28-17-27-24(36(43(28,2)42(48)55)35-30(49)15-23(56-4)16-31(35)57-5)10-11-25-34(27)40(52)47(38(25)50)22-8-6-7-20(13-22)41(53)54/h6-10,12-16,18,25,27-28,34,36,49H,11,17H2,1-5H3,(H,53,54). The summed E-state index contributed by atoms with van der Waals surface area (Å²) < 4.78 is 13.8. The second kappa shape index (κ2) is 13.3. The lowest BCUT2D eigenvalue weighted by molar-refractivity contribution is -0.131. The van der Waals surface area contributed by atoms with E-state index < -0.39 is 64.6 Å². The summed E-state index contributed by atoms with van der Waals surface area (Å²) in [7, 11) is 4.55. The molecule has 0 spiro atoms. The lowest BCUT2D eigenvalue weighted by Gasteiger charge is -2.49. The summed E-state index contributed by atoms with van der Waals surface area (Å²) in [4.78, 5) is 73.8. The Morgan fingerprint density at radius 2 is 1.74 bits per heavy atom. The van der Waals surface area contributed by atoms with Gasteiger partial charge in [-0.1, -0.05) is 29.3 Å². The van der Waals surface area contributed by atoms with Gasteiger partial charge in [0.2, 0.25) is 23.6 Å². The minimum atomic E-state index is -1.50. The topological polar surface area (TPSA) is 169 Å². The van der Waals surface area contributed by atoms with Gasteiger partial charge in [0, 0.05) is 46.5 Å². The maximum Gasteiger partial charge on any atom is 0.335 e. The van der Waals surface area contributed by atoms with Crippen LogP contribution in [-0.2, 0) is 26.2 Å². The Labute approximate surface area is 341 Å². The minimum Gasteiger partial charge on any atom is -0.507 e. The van der Waals surface area contributed by atoms with Gasteiger partial charge in [0.15, 0.2) is 0 Å². The lowest BCUT2D eigenvalue weighted by atomic mass is 9.51. The quantitative estimate of drug-likeness (QED) is 0.127. The summed E-state index contributed by atoms with van der Waals surface area (Å²) in [5.41, 5.74) is 0.971. The van der Waals surface area contributed by atoms with Crippen LogP contribution in [0.25, 0.3) is 20.7 Å². The van der Waals surface area contributed by atoms with Gasteiger partial charge in [-0.2, -0.15) is 5.10 Å². The molecule has 2 N–H and O–H groups in total. The van der Waals surface area contributed by atoms with Gasteiger partial charge in [-0.25, -0.2) is 9.69 Å². The summed E-state index contributed by atoms with van der Waals surface area (Å²) in [6, 6.07) is 16.1. The molecule has 2 aliphatic carbocycles. The van der Waals surface area contributed by atoms with Crippen LogP contribution in [0.2, 0.25) is 5.02 Å². The second-order valence-corrected chi connectivity index (χ2v) is 17.0. The third-order valence-electron chi connectivity index (χ3n) is 12.7. The number of carboxylic acids is 1. The van der Waals surface area contributed by atoms with E-state index in [1.54, 1.807) is 26.1 Å². The lowest BCUT2D eigenvalue weighted by Crippen LogP contribution is -2.49. The third-order valence-corrected chi connectivity index (χ3v) is 14.2. The molecule has 9 rings (SSSR count). The van der Waals surface area contributed by atoms with Crippen LogP contribution in [0.4, 0.5) is 11.5 Å². The highest BCUT2D eigenvalue weighted by molar-refractivity contribution is 7.22. The number of carbonyl (C=O) groups is 5. The fraction of sp³-hybridized carbons (Fsp3) is 0.302. The molecule has 6 atom stereocenters. The number of phenolic OH excluding ortho intramolecular Hbond substituents is 1. The summed E-state index contributed by atoms with van der Waals surface area (Å²) in [6.07, 6.45) is 2.06. The largest absolute Gasteiger partial charge is 0.507 e. The highest BCUT2D eigenvalue weighted by Crippen LogP contribution is 2.66. The van der Waals surface area contributed by atoms with Crippen LogP contribution in [0.15, 0.2) is 72.3 Å². The number of methoxy groups -OCH3 is 2. The van der Waals surface area contributed by atoms with Gasteiger partial charge >= 0.3 is 5.97 Å². The number of hydrogen-bond acceptors (Lipinski definition) is 10. The number of aromatic nitrogens is 2. The van der Waals surface area contributed by atoms with Crippen molar-refractivity contribution in [3.05, 3.63) is 94.0 Å². The highest BCUT2D eigenvalue weighted by atomic mass is 35.5. The smallest absolute Gasteiger partial charge is 0.335 e. The number of nitrogens with zero attached hydrogens (tertiary/aromatic N) is 4. The van der Waals surface area contributed by atoms with E-state index in [0.717, 1.165) is 25.4 Å². The van der Waals surface area contributed by atoms with E-state index in [0.29, 0.717) is 22.0 Å². The number of halogens is 1. The number of allylic oxidation sites excluding steroid dienone is 2. The predicted octanol–water partition coefficient (Wildman–Crippen LogP) is 7.12. The number of amides is 4. The van der Waals surface area contributed by atoms with Gasteiger partial charge in [-0.15, -0.1) is 11.3 Å². The van der Waals surface area contributed by atoms with E-state index in [4.69, 9.17) is 26.2 Å². The number of aromatic hydroxyl groups is 1. The number of imide groups is 2. The van der Waals surface area contributed by atoms with E-state index >= 15 is 9.59 Å². The fourth-order valence-corrected chi connectivity index (χ4v) is 11.3. The monoisotopic (exact) mass is 820 g/mol. The molecule has 296 valence electrons. The van der Waals surface area contributed by atoms with Gasteiger partial charge in [-0.05, 0) is 80.0 Å². The number of phenols is 1. The van der Waals surface area contributed by atoms with Gasteiger partial charge in [0.05, 0.1) is 53.5 Å².